The van der Waals surface area contributed by atoms with E-state index in [0.717, 1.165) is 0 Å². The van der Waals surface area contributed by atoms with Crippen molar-refractivity contribution in [2.75, 3.05) is 60.9 Å². The van der Waals surface area contributed by atoms with E-state index in [4.69, 9.17) is 14.6 Å². The van der Waals surface area contributed by atoms with Crippen LogP contribution in [0.5, 0.6) is 11.5 Å². The maximum atomic E-state index is 13.6. The molecule has 254 valence electrons. The van der Waals surface area contributed by atoms with Gasteiger partial charge in [0.25, 0.3) is 5.91 Å². The maximum Gasteiger partial charge on any atom is 0.319 e. The molecule has 0 bridgehead atoms. The van der Waals surface area contributed by atoms with Gasteiger partial charge in [0, 0.05) is 49.0 Å². The Kier molecular flexibility index (Phi) is 12.3. The van der Waals surface area contributed by atoms with Crippen molar-refractivity contribution in [1.29, 1.82) is 0 Å². The molecule has 49 heavy (non-hydrogen) atoms. The molecule has 4 aromatic rings. The van der Waals surface area contributed by atoms with Gasteiger partial charge in [-0.25, -0.2) is 4.79 Å². The molecule has 0 radical (unpaired) electrons. The number of methoxy groups -OCH3 is 1. The van der Waals surface area contributed by atoms with Crippen molar-refractivity contribution in [2.45, 2.75) is 6.42 Å². The lowest BCUT2D eigenvalue weighted by Gasteiger charge is -2.26. The Morgan fingerprint density at radius 3 is 2.04 bits per heavy atom. The average Bonchev–Trinajstić information content (AvgIpc) is 3.11. The van der Waals surface area contributed by atoms with Crippen LogP contribution in [0.2, 0.25) is 0 Å². The third-order valence-corrected chi connectivity index (χ3v) is 7.36. The Morgan fingerprint density at radius 1 is 0.694 bits per heavy atom. The standard InChI is InChI=1S/C36H37N5O8/c1-39(27-12-5-4-6-13-27)33(43)23-41(32(42)22-37-36(47)38-26-11-7-10-25(18-26)19-35(45)46)29-15-9-17-31(21-29)49-24-34(44)40(2)28-14-8-16-30(20-28)48-3/h4-18,20-21H,19,22-24H2,1-3H3,(H,45,46)(H2,37,38,47). The zero-order valence-electron chi connectivity index (χ0n) is 27.3. The number of para-hydroxylation sites is 1. The number of aliphatic carboxylic acids is 1. The summed E-state index contributed by atoms with van der Waals surface area (Å²) in [4.78, 5) is 67.7. The molecule has 3 N–H and O–H groups in total. The first kappa shape index (κ1) is 35.5. The van der Waals surface area contributed by atoms with Crippen molar-refractivity contribution >= 4 is 52.5 Å². The first-order chi connectivity index (χ1) is 23.5. The van der Waals surface area contributed by atoms with Crippen molar-refractivity contribution in [3.8, 4) is 11.5 Å². The van der Waals surface area contributed by atoms with Gasteiger partial charge in [-0.1, -0.05) is 42.5 Å². The highest BCUT2D eigenvalue weighted by Crippen LogP contribution is 2.24. The Hall–Kier alpha value is -6.37. The van der Waals surface area contributed by atoms with Crippen LogP contribution in [0.4, 0.5) is 27.5 Å². The zero-order chi connectivity index (χ0) is 35.3. The van der Waals surface area contributed by atoms with Gasteiger partial charge in [-0.15, -0.1) is 0 Å². The molecule has 0 fully saturated rings. The summed E-state index contributed by atoms with van der Waals surface area (Å²) >= 11 is 0. The molecule has 0 saturated carbocycles. The number of hydrogen-bond acceptors (Lipinski definition) is 7. The fourth-order valence-corrected chi connectivity index (χ4v) is 4.67. The van der Waals surface area contributed by atoms with Crippen molar-refractivity contribution in [3.05, 3.63) is 109 Å². The number of nitrogens with zero attached hydrogens (tertiary/aromatic N) is 3. The number of carboxylic acid groups (broad SMARTS) is 1. The number of likely N-dealkylation sites (N-methyl/N-ethyl adjacent to an activating group) is 2. The summed E-state index contributed by atoms with van der Waals surface area (Å²) in [5, 5.41) is 14.1. The number of urea groups is 1. The second-order valence-corrected chi connectivity index (χ2v) is 10.8. The lowest BCUT2D eigenvalue weighted by atomic mass is 10.1. The van der Waals surface area contributed by atoms with Gasteiger partial charge in [0.05, 0.1) is 20.1 Å². The Morgan fingerprint density at radius 2 is 1.33 bits per heavy atom. The van der Waals surface area contributed by atoms with E-state index in [9.17, 15) is 24.0 Å². The van der Waals surface area contributed by atoms with E-state index in [1.54, 1.807) is 99.0 Å². The third-order valence-electron chi connectivity index (χ3n) is 7.36. The molecule has 0 aliphatic rings. The molecule has 0 atom stereocenters. The van der Waals surface area contributed by atoms with E-state index in [2.05, 4.69) is 10.6 Å². The lowest BCUT2D eigenvalue weighted by molar-refractivity contribution is -0.136. The van der Waals surface area contributed by atoms with Gasteiger partial charge in [-0.05, 0) is 54.1 Å². The summed E-state index contributed by atoms with van der Waals surface area (Å²) in [6.45, 7) is -1.15. The SMILES string of the molecule is COc1cccc(N(C)C(=O)COc2cccc(N(CC(=O)N(C)c3ccccc3)C(=O)CNC(=O)Nc3cccc(CC(=O)O)c3)c2)c1. The van der Waals surface area contributed by atoms with Crippen molar-refractivity contribution < 1.29 is 38.6 Å². The van der Waals surface area contributed by atoms with Gasteiger partial charge < -0.3 is 39.9 Å². The maximum absolute atomic E-state index is 13.6. The van der Waals surface area contributed by atoms with Crippen LogP contribution in [0.3, 0.4) is 0 Å². The van der Waals surface area contributed by atoms with E-state index >= 15 is 0 Å². The van der Waals surface area contributed by atoms with Gasteiger partial charge in [0.15, 0.2) is 6.61 Å². The average molecular weight is 668 g/mol. The van der Waals surface area contributed by atoms with Crippen LogP contribution >= 0.6 is 0 Å². The number of hydrogen-bond donors (Lipinski definition) is 3. The van der Waals surface area contributed by atoms with Gasteiger partial charge >= 0.3 is 12.0 Å². The number of benzene rings is 4. The highest BCUT2D eigenvalue weighted by Gasteiger charge is 2.23. The number of carboxylic acids is 1. The summed E-state index contributed by atoms with van der Waals surface area (Å²) in [6, 6.07) is 27.9. The summed E-state index contributed by atoms with van der Waals surface area (Å²) in [5.41, 5.74) is 2.37. The van der Waals surface area contributed by atoms with E-state index in [0.29, 0.717) is 34.1 Å². The van der Waals surface area contributed by atoms with Gasteiger partial charge in [-0.2, -0.15) is 0 Å². The summed E-state index contributed by atoms with van der Waals surface area (Å²) in [6.07, 6.45) is -0.216. The number of rotatable bonds is 14. The molecule has 4 rings (SSSR count). The number of ether oxygens (including phenoxy) is 2. The van der Waals surface area contributed by atoms with E-state index in [1.807, 2.05) is 6.07 Å². The molecular weight excluding hydrogens is 630 g/mol. The smallest absolute Gasteiger partial charge is 0.319 e. The summed E-state index contributed by atoms with van der Waals surface area (Å²) in [5.74, 6) is -1.48. The Bertz CT molecular complexity index is 1800. The minimum Gasteiger partial charge on any atom is -0.497 e. The number of carbonyl (C=O) groups is 5. The highest BCUT2D eigenvalue weighted by molar-refractivity contribution is 6.05. The molecule has 4 aromatic carbocycles. The monoisotopic (exact) mass is 667 g/mol. The summed E-state index contributed by atoms with van der Waals surface area (Å²) < 4.78 is 11.0. The number of nitrogens with one attached hydrogen (secondary N) is 2. The third kappa shape index (κ3) is 10.3. The van der Waals surface area contributed by atoms with Crippen LogP contribution in [-0.2, 0) is 25.6 Å². The van der Waals surface area contributed by atoms with Crippen LogP contribution < -0.4 is 34.8 Å². The molecule has 0 spiro atoms. The molecule has 0 aliphatic heterocycles. The van der Waals surface area contributed by atoms with Crippen LogP contribution in [-0.4, -0.2) is 75.7 Å². The van der Waals surface area contributed by atoms with Gasteiger partial charge in [-0.3, -0.25) is 19.2 Å². The predicted molar refractivity (Wildman–Crippen MR) is 185 cm³/mol. The zero-order valence-corrected chi connectivity index (χ0v) is 27.3. The molecule has 0 heterocycles. The fraction of sp³-hybridized carbons (Fsp3) is 0.194. The van der Waals surface area contributed by atoms with Crippen LogP contribution in [0.15, 0.2) is 103 Å². The van der Waals surface area contributed by atoms with Crippen LogP contribution in [0.25, 0.3) is 0 Å². The fourth-order valence-electron chi connectivity index (χ4n) is 4.67. The second-order valence-electron chi connectivity index (χ2n) is 10.8. The van der Waals surface area contributed by atoms with E-state index < -0.39 is 30.4 Å². The van der Waals surface area contributed by atoms with Gasteiger partial charge in [0.2, 0.25) is 11.8 Å². The van der Waals surface area contributed by atoms with Crippen LogP contribution in [0, 0.1) is 0 Å². The minimum absolute atomic E-state index is 0.216. The predicted octanol–water partition coefficient (Wildman–Crippen LogP) is 4.18. The quantitative estimate of drug-likeness (QED) is 0.181. The number of carbonyl (C=O) groups excluding carboxylic acids is 4. The molecule has 0 aromatic heterocycles. The number of amides is 5. The van der Waals surface area contributed by atoms with Crippen molar-refractivity contribution in [1.82, 2.24) is 5.32 Å². The normalized spacial score (nSPS) is 10.3. The molecule has 0 unspecified atom stereocenters. The number of anilines is 4. The van der Waals surface area contributed by atoms with E-state index in [-0.39, 0.29) is 31.2 Å². The van der Waals surface area contributed by atoms with E-state index in [1.165, 1.54) is 33.9 Å². The van der Waals surface area contributed by atoms with Gasteiger partial charge in [0.1, 0.15) is 18.0 Å². The largest absolute Gasteiger partial charge is 0.497 e. The topological polar surface area (TPSA) is 158 Å². The molecule has 13 nitrogen and oxygen atoms in total. The Balaban J connectivity index is 1.47. The minimum atomic E-state index is -1.01. The molecule has 0 aliphatic carbocycles. The molecule has 5 amide bonds. The Labute approximate surface area is 283 Å². The highest BCUT2D eigenvalue weighted by atomic mass is 16.5. The first-order valence-corrected chi connectivity index (χ1v) is 15.1. The summed E-state index contributed by atoms with van der Waals surface area (Å²) in [7, 11) is 4.74. The first-order valence-electron chi connectivity index (χ1n) is 15.1. The lowest BCUT2D eigenvalue weighted by Crippen LogP contribution is -2.46. The van der Waals surface area contributed by atoms with Crippen LogP contribution in [0.1, 0.15) is 5.56 Å². The molecule has 0 saturated heterocycles. The molecular formula is C36H37N5O8. The van der Waals surface area contributed by atoms with Crippen molar-refractivity contribution in [3.63, 3.8) is 0 Å². The van der Waals surface area contributed by atoms with Crippen molar-refractivity contribution in [2.24, 2.45) is 0 Å². The second kappa shape index (κ2) is 17.0. The molecule has 13 heteroatoms.